The van der Waals surface area contributed by atoms with Gasteiger partial charge in [0.15, 0.2) is 0 Å². The predicted octanol–water partition coefficient (Wildman–Crippen LogP) is 2.79. The van der Waals surface area contributed by atoms with Gasteiger partial charge in [-0.15, -0.1) is 0 Å². The zero-order chi connectivity index (χ0) is 6.10. The third-order valence-corrected chi connectivity index (χ3v) is 3.03. The Balaban J connectivity index is 1.97. The molecule has 0 heterocycles. The zero-order valence-corrected chi connectivity index (χ0v) is 5.97. The van der Waals surface area contributed by atoms with Crippen LogP contribution in [0, 0.1) is 18.3 Å². The van der Waals surface area contributed by atoms with Crippen LogP contribution in [0.25, 0.3) is 0 Å². The van der Waals surface area contributed by atoms with Crippen LogP contribution in [-0.4, -0.2) is 0 Å². The summed E-state index contributed by atoms with van der Waals surface area (Å²) in [6, 6.07) is 0. The summed E-state index contributed by atoms with van der Waals surface area (Å²) in [7, 11) is 0. The van der Waals surface area contributed by atoms with E-state index in [1.807, 2.05) is 0 Å². The van der Waals surface area contributed by atoms with E-state index in [9.17, 15) is 0 Å². The largest absolute Gasteiger partial charge is 0.0528 e. The molecule has 0 nitrogen and oxygen atoms in total. The van der Waals surface area contributed by atoms with Crippen molar-refractivity contribution in [3.05, 3.63) is 6.42 Å². The van der Waals surface area contributed by atoms with Crippen LogP contribution in [0.4, 0.5) is 0 Å². The van der Waals surface area contributed by atoms with E-state index < -0.39 is 0 Å². The van der Waals surface area contributed by atoms with Crippen molar-refractivity contribution in [1.82, 2.24) is 0 Å². The van der Waals surface area contributed by atoms with Gasteiger partial charge < -0.3 is 0 Å². The lowest BCUT2D eigenvalue weighted by molar-refractivity contribution is 0.319. The summed E-state index contributed by atoms with van der Waals surface area (Å²) in [5.74, 6) is 2.24. The Morgan fingerprint density at radius 1 is 1.00 bits per heavy atom. The minimum Gasteiger partial charge on any atom is -0.0528 e. The topological polar surface area (TPSA) is 0 Å². The van der Waals surface area contributed by atoms with E-state index in [1.165, 1.54) is 32.1 Å². The lowest BCUT2D eigenvalue weighted by Crippen LogP contribution is -2.12. The van der Waals surface area contributed by atoms with Crippen LogP contribution in [-0.2, 0) is 0 Å². The molecule has 2 saturated carbocycles. The monoisotopic (exact) mass is 123 g/mol. The summed E-state index contributed by atoms with van der Waals surface area (Å²) in [5.41, 5.74) is 0. The fourth-order valence-electron chi connectivity index (χ4n) is 2.47. The summed E-state index contributed by atoms with van der Waals surface area (Å²) >= 11 is 0. The van der Waals surface area contributed by atoms with E-state index in [0.717, 1.165) is 11.8 Å². The molecule has 2 unspecified atom stereocenters. The first-order valence-corrected chi connectivity index (χ1v) is 4.28. The molecule has 2 aliphatic carbocycles. The molecule has 51 valence electrons. The first kappa shape index (κ1) is 5.76. The van der Waals surface area contributed by atoms with E-state index in [-0.39, 0.29) is 0 Å². The van der Waals surface area contributed by atoms with Crippen molar-refractivity contribution in [2.24, 2.45) is 11.8 Å². The van der Waals surface area contributed by atoms with Crippen molar-refractivity contribution in [1.29, 1.82) is 0 Å². The molecule has 0 heteroatoms. The number of hydrogen-bond acceptors (Lipinski definition) is 0. The summed E-state index contributed by atoms with van der Waals surface area (Å²) in [5, 5.41) is 0. The zero-order valence-electron chi connectivity index (χ0n) is 5.97. The van der Waals surface area contributed by atoms with Crippen molar-refractivity contribution in [3.8, 4) is 0 Å². The molecule has 2 fully saturated rings. The second kappa shape index (κ2) is 2.32. The molecule has 2 atom stereocenters. The maximum absolute atomic E-state index is 2.49. The fraction of sp³-hybridized carbons (Fsp3) is 0.889. The van der Waals surface area contributed by atoms with Gasteiger partial charge in [0.25, 0.3) is 0 Å². The van der Waals surface area contributed by atoms with Gasteiger partial charge in [-0.2, -0.15) is 0 Å². The molecular formula is C9H15. The third kappa shape index (κ3) is 0.997. The average Bonchev–Trinajstić information content (AvgIpc) is 2.33. The number of fused-ring (bicyclic) bond motifs is 1. The van der Waals surface area contributed by atoms with Gasteiger partial charge in [0.1, 0.15) is 0 Å². The molecule has 0 saturated heterocycles. The average molecular weight is 123 g/mol. The van der Waals surface area contributed by atoms with Gasteiger partial charge in [0, 0.05) is 0 Å². The van der Waals surface area contributed by atoms with E-state index in [1.54, 1.807) is 6.42 Å². The minimum absolute atomic E-state index is 1.11. The lowest BCUT2D eigenvalue weighted by Gasteiger charge is -2.24. The van der Waals surface area contributed by atoms with Crippen LogP contribution < -0.4 is 0 Å². The Bertz CT molecular complexity index is 84.2. The highest BCUT2D eigenvalue weighted by Gasteiger charge is 2.28. The van der Waals surface area contributed by atoms with Crippen molar-refractivity contribution >= 4 is 0 Å². The quantitative estimate of drug-likeness (QED) is 0.464. The molecule has 2 rings (SSSR count). The molecule has 1 radical (unpaired) electrons. The minimum atomic E-state index is 1.11. The third-order valence-electron chi connectivity index (χ3n) is 3.03. The smallest absolute Gasteiger partial charge is 0.0383 e. The van der Waals surface area contributed by atoms with Crippen LogP contribution in [0.15, 0.2) is 0 Å². The van der Waals surface area contributed by atoms with Crippen LogP contribution in [0.1, 0.15) is 38.5 Å². The highest BCUT2D eigenvalue weighted by Crippen LogP contribution is 2.41. The summed E-state index contributed by atoms with van der Waals surface area (Å²) in [6.45, 7) is 0. The van der Waals surface area contributed by atoms with Gasteiger partial charge in [-0.05, 0) is 37.5 Å². The van der Waals surface area contributed by atoms with Gasteiger partial charge >= 0.3 is 0 Å². The molecule has 0 aromatic rings. The maximum Gasteiger partial charge on any atom is -0.0383 e. The molecule has 0 amide bonds. The maximum atomic E-state index is 2.49. The van der Waals surface area contributed by atoms with Crippen molar-refractivity contribution in [2.45, 2.75) is 38.5 Å². The van der Waals surface area contributed by atoms with Crippen molar-refractivity contribution in [2.75, 3.05) is 0 Å². The van der Waals surface area contributed by atoms with Gasteiger partial charge in [-0.3, -0.25) is 0 Å². The fourth-order valence-corrected chi connectivity index (χ4v) is 2.47. The number of rotatable bonds is 0. The van der Waals surface area contributed by atoms with Gasteiger partial charge in [-0.1, -0.05) is 19.3 Å². The van der Waals surface area contributed by atoms with Crippen LogP contribution in [0.5, 0.6) is 0 Å². The van der Waals surface area contributed by atoms with Crippen LogP contribution >= 0.6 is 0 Å². The highest BCUT2D eigenvalue weighted by molar-refractivity contribution is 4.87. The van der Waals surface area contributed by atoms with E-state index in [2.05, 4.69) is 6.42 Å². The predicted molar refractivity (Wildman–Crippen MR) is 39.0 cm³/mol. The molecule has 0 spiro atoms. The standard InChI is InChI=1S/C9H15/c1-2-5-9-7-3-6-8(9)4-1/h1,8-9H,2-7H2. The first-order valence-electron chi connectivity index (χ1n) is 4.28. The second-order valence-electron chi connectivity index (χ2n) is 3.55. The second-order valence-corrected chi connectivity index (χ2v) is 3.55. The Labute approximate surface area is 57.6 Å². The van der Waals surface area contributed by atoms with Crippen molar-refractivity contribution < 1.29 is 0 Å². The summed E-state index contributed by atoms with van der Waals surface area (Å²) in [4.78, 5) is 0. The van der Waals surface area contributed by atoms with Gasteiger partial charge in [0.05, 0.1) is 0 Å². The molecule has 0 aliphatic heterocycles. The summed E-state index contributed by atoms with van der Waals surface area (Å²) < 4.78 is 0. The van der Waals surface area contributed by atoms with E-state index >= 15 is 0 Å². The molecule has 0 N–H and O–H groups in total. The van der Waals surface area contributed by atoms with Crippen molar-refractivity contribution in [3.63, 3.8) is 0 Å². The van der Waals surface area contributed by atoms with E-state index in [0.29, 0.717) is 0 Å². The molecular weight excluding hydrogens is 108 g/mol. The summed E-state index contributed by atoms with van der Waals surface area (Å²) in [6.07, 6.45) is 11.4. The van der Waals surface area contributed by atoms with Crippen LogP contribution in [0.3, 0.4) is 0 Å². The molecule has 0 bridgehead atoms. The van der Waals surface area contributed by atoms with Gasteiger partial charge in [0.2, 0.25) is 0 Å². The molecule has 0 aromatic heterocycles. The first-order chi connectivity index (χ1) is 4.47. The van der Waals surface area contributed by atoms with Gasteiger partial charge in [-0.25, -0.2) is 0 Å². The van der Waals surface area contributed by atoms with Crippen LogP contribution in [0.2, 0.25) is 0 Å². The Morgan fingerprint density at radius 3 is 2.78 bits per heavy atom. The molecule has 2 aliphatic rings. The van der Waals surface area contributed by atoms with E-state index in [4.69, 9.17) is 0 Å². The lowest BCUT2D eigenvalue weighted by atomic mass is 9.82. The molecule has 9 heavy (non-hydrogen) atoms. The SMILES string of the molecule is [CH]1CCC2CCCC2C1. The number of hydrogen-bond donors (Lipinski definition) is 0. The highest BCUT2D eigenvalue weighted by atomic mass is 14.3. The Hall–Kier alpha value is 0. The Kier molecular flexibility index (Phi) is 1.48. The normalized spacial score (nSPS) is 42.7. The molecule has 0 aromatic carbocycles. The Morgan fingerprint density at radius 2 is 1.89 bits per heavy atom.